The summed E-state index contributed by atoms with van der Waals surface area (Å²) in [4.78, 5) is 10.4. The van der Waals surface area contributed by atoms with Crippen molar-refractivity contribution in [2.24, 2.45) is 0 Å². The van der Waals surface area contributed by atoms with E-state index in [9.17, 15) is 4.79 Å². The SMILES string of the molecule is N#Cc1cc2c(Cl)cc(Cl)cc2n1CCNC(=O)O. The molecular formula is C12H9Cl2N3O2. The Morgan fingerprint density at radius 1 is 1.42 bits per heavy atom. The summed E-state index contributed by atoms with van der Waals surface area (Å²) in [6.07, 6.45) is -1.11. The van der Waals surface area contributed by atoms with Gasteiger partial charge in [-0.3, -0.25) is 0 Å². The van der Waals surface area contributed by atoms with Gasteiger partial charge in [0.15, 0.2) is 0 Å². The van der Waals surface area contributed by atoms with Gasteiger partial charge in [-0.1, -0.05) is 23.2 Å². The average Bonchev–Trinajstić information content (AvgIpc) is 2.67. The monoisotopic (exact) mass is 297 g/mol. The summed E-state index contributed by atoms with van der Waals surface area (Å²) in [5.41, 5.74) is 1.12. The lowest BCUT2D eigenvalue weighted by Crippen LogP contribution is -2.25. The van der Waals surface area contributed by atoms with Crippen molar-refractivity contribution in [2.45, 2.75) is 6.54 Å². The fourth-order valence-electron chi connectivity index (χ4n) is 1.89. The van der Waals surface area contributed by atoms with Crippen LogP contribution in [0.15, 0.2) is 18.2 Å². The highest BCUT2D eigenvalue weighted by molar-refractivity contribution is 6.38. The molecule has 0 unspecified atom stereocenters. The molecule has 0 radical (unpaired) electrons. The lowest BCUT2D eigenvalue weighted by Gasteiger charge is -2.07. The number of carbonyl (C=O) groups is 1. The standard InChI is InChI=1S/C12H9Cl2N3O2/c13-7-3-10(14)9-5-8(6-15)17(11(9)4-7)2-1-16-12(18)19/h3-5,16H,1-2H2,(H,18,19). The van der Waals surface area contributed by atoms with E-state index in [1.54, 1.807) is 22.8 Å². The molecule has 2 aromatic rings. The summed E-state index contributed by atoms with van der Waals surface area (Å²) in [7, 11) is 0. The van der Waals surface area contributed by atoms with Gasteiger partial charge in [0, 0.05) is 23.5 Å². The molecule has 19 heavy (non-hydrogen) atoms. The number of hydrogen-bond donors (Lipinski definition) is 2. The number of halogens is 2. The zero-order valence-corrected chi connectivity index (χ0v) is 11.2. The summed E-state index contributed by atoms with van der Waals surface area (Å²) in [5.74, 6) is 0. The molecule has 2 rings (SSSR count). The summed E-state index contributed by atoms with van der Waals surface area (Å²) in [6.45, 7) is 0.521. The van der Waals surface area contributed by atoms with Crippen LogP contribution in [0.1, 0.15) is 5.69 Å². The van der Waals surface area contributed by atoms with Crippen LogP contribution in [0.5, 0.6) is 0 Å². The lowest BCUT2D eigenvalue weighted by molar-refractivity contribution is 0.194. The van der Waals surface area contributed by atoms with Crippen LogP contribution in [0, 0.1) is 11.3 Å². The Hall–Kier alpha value is -1.90. The quantitative estimate of drug-likeness (QED) is 0.914. The van der Waals surface area contributed by atoms with Crippen molar-refractivity contribution in [1.82, 2.24) is 9.88 Å². The van der Waals surface area contributed by atoms with Gasteiger partial charge >= 0.3 is 6.09 Å². The molecule has 1 amide bonds. The number of rotatable bonds is 3. The van der Waals surface area contributed by atoms with Crippen LogP contribution in [0.4, 0.5) is 4.79 Å². The topological polar surface area (TPSA) is 78.0 Å². The first-order valence-electron chi connectivity index (χ1n) is 5.38. The second-order valence-electron chi connectivity index (χ2n) is 3.85. The molecule has 1 aromatic heterocycles. The molecule has 0 atom stereocenters. The first kappa shape index (κ1) is 13.5. The number of aromatic nitrogens is 1. The smallest absolute Gasteiger partial charge is 0.404 e. The van der Waals surface area contributed by atoms with Gasteiger partial charge in [-0.05, 0) is 18.2 Å². The van der Waals surface area contributed by atoms with Gasteiger partial charge < -0.3 is 15.0 Å². The number of nitrogens with one attached hydrogen (secondary N) is 1. The summed E-state index contributed by atoms with van der Waals surface area (Å²) in [5, 5.41) is 21.5. The largest absolute Gasteiger partial charge is 0.465 e. The van der Waals surface area contributed by atoms with Gasteiger partial charge in [0.1, 0.15) is 11.8 Å². The first-order chi connectivity index (χ1) is 9.02. The van der Waals surface area contributed by atoms with Crippen molar-refractivity contribution in [3.05, 3.63) is 33.9 Å². The molecule has 0 saturated carbocycles. The number of nitriles is 1. The third-order valence-corrected chi connectivity index (χ3v) is 3.19. The zero-order chi connectivity index (χ0) is 14.0. The van der Waals surface area contributed by atoms with E-state index < -0.39 is 6.09 Å². The van der Waals surface area contributed by atoms with Gasteiger partial charge in [-0.15, -0.1) is 0 Å². The van der Waals surface area contributed by atoms with Crippen LogP contribution in [-0.2, 0) is 6.54 Å². The highest BCUT2D eigenvalue weighted by Gasteiger charge is 2.12. The van der Waals surface area contributed by atoms with Crippen LogP contribution < -0.4 is 5.32 Å². The van der Waals surface area contributed by atoms with E-state index in [0.717, 1.165) is 5.39 Å². The van der Waals surface area contributed by atoms with Gasteiger partial charge in [0.2, 0.25) is 0 Å². The Morgan fingerprint density at radius 2 is 2.16 bits per heavy atom. The highest BCUT2D eigenvalue weighted by Crippen LogP contribution is 2.30. The minimum Gasteiger partial charge on any atom is -0.465 e. The maximum absolute atomic E-state index is 10.4. The molecule has 7 heteroatoms. The Morgan fingerprint density at radius 3 is 2.79 bits per heavy atom. The van der Waals surface area contributed by atoms with E-state index in [-0.39, 0.29) is 6.54 Å². The maximum atomic E-state index is 10.4. The van der Waals surface area contributed by atoms with Crippen molar-refractivity contribution < 1.29 is 9.90 Å². The molecule has 0 bridgehead atoms. The first-order valence-corrected chi connectivity index (χ1v) is 6.13. The van der Waals surface area contributed by atoms with Gasteiger partial charge in [0.05, 0.1) is 10.5 Å². The van der Waals surface area contributed by atoms with E-state index >= 15 is 0 Å². The maximum Gasteiger partial charge on any atom is 0.404 e. The Balaban J connectivity index is 2.46. The van der Waals surface area contributed by atoms with Crippen LogP contribution in [-0.4, -0.2) is 22.3 Å². The molecule has 0 saturated heterocycles. The minimum absolute atomic E-state index is 0.192. The predicted molar refractivity (Wildman–Crippen MR) is 72.7 cm³/mol. The highest BCUT2D eigenvalue weighted by atomic mass is 35.5. The molecule has 1 aromatic carbocycles. The molecule has 0 fully saturated rings. The van der Waals surface area contributed by atoms with Crippen molar-refractivity contribution >= 4 is 40.2 Å². The van der Waals surface area contributed by atoms with Crippen molar-refractivity contribution in [2.75, 3.05) is 6.54 Å². The third kappa shape index (κ3) is 2.75. The van der Waals surface area contributed by atoms with Gasteiger partial charge in [-0.25, -0.2) is 4.79 Å². The third-order valence-electron chi connectivity index (χ3n) is 2.66. The Bertz CT molecular complexity index is 688. The van der Waals surface area contributed by atoms with Gasteiger partial charge in [-0.2, -0.15) is 5.26 Å². The van der Waals surface area contributed by atoms with Crippen molar-refractivity contribution in [3.63, 3.8) is 0 Å². The number of amides is 1. The molecule has 5 nitrogen and oxygen atoms in total. The van der Waals surface area contributed by atoms with E-state index in [2.05, 4.69) is 11.4 Å². The summed E-state index contributed by atoms with van der Waals surface area (Å²) >= 11 is 12.0. The van der Waals surface area contributed by atoms with Crippen molar-refractivity contribution in [3.8, 4) is 6.07 Å². The summed E-state index contributed by atoms with van der Waals surface area (Å²) < 4.78 is 1.68. The Labute approximate surface area is 118 Å². The average molecular weight is 298 g/mol. The van der Waals surface area contributed by atoms with Crippen LogP contribution in [0.2, 0.25) is 10.0 Å². The zero-order valence-electron chi connectivity index (χ0n) is 9.65. The predicted octanol–water partition coefficient (Wildman–Crippen LogP) is 3.09. The molecule has 0 aliphatic rings. The fraction of sp³-hybridized carbons (Fsp3) is 0.167. The molecule has 1 heterocycles. The molecular weight excluding hydrogens is 289 g/mol. The van der Waals surface area contributed by atoms with Crippen LogP contribution in [0.3, 0.4) is 0 Å². The fourth-order valence-corrected chi connectivity index (χ4v) is 2.43. The molecule has 0 aliphatic carbocycles. The second kappa shape index (κ2) is 5.39. The number of carboxylic acid groups (broad SMARTS) is 1. The van der Waals surface area contributed by atoms with E-state index in [4.69, 9.17) is 33.6 Å². The number of hydrogen-bond acceptors (Lipinski definition) is 2. The Kier molecular flexibility index (Phi) is 3.84. The van der Waals surface area contributed by atoms with E-state index in [1.165, 1.54) is 0 Å². The van der Waals surface area contributed by atoms with E-state index in [1.807, 2.05) is 0 Å². The molecule has 98 valence electrons. The molecule has 2 N–H and O–H groups in total. The van der Waals surface area contributed by atoms with Gasteiger partial charge in [0.25, 0.3) is 0 Å². The minimum atomic E-state index is -1.11. The van der Waals surface area contributed by atoms with Crippen molar-refractivity contribution in [1.29, 1.82) is 5.26 Å². The second-order valence-corrected chi connectivity index (χ2v) is 4.69. The number of nitrogens with zero attached hydrogens (tertiary/aromatic N) is 2. The molecule has 0 aliphatic heterocycles. The van der Waals surface area contributed by atoms with E-state index in [0.29, 0.717) is 27.8 Å². The van der Waals surface area contributed by atoms with Crippen LogP contribution >= 0.6 is 23.2 Å². The molecule has 0 spiro atoms. The number of fused-ring (bicyclic) bond motifs is 1. The van der Waals surface area contributed by atoms with Crippen LogP contribution in [0.25, 0.3) is 10.9 Å². The lowest BCUT2D eigenvalue weighted by atomic mass is 10.2. The normalized spacial score (nSPS) is 10.4. The summed E-state index contributed by atoms with van der Waals surface area (Å²) in [6, 6.07) is 7.02. The number of benzene rings is 1.